The molecular formula is C40H38O10S. The Balaban J connectivity index is 1.41. The van der Waals surface area contributed by atoms with Gasteiger partial charge in [0, 0.05) is 80.0 Å². The Hall–Kier alpha value is -4.07. The maximum atomic E-state index is 13.7. The van der Waals surface area contributed by atoms with Crippen molar-refractivity contribution in [2.24, 2.45) is 0 Å². The molecule has 4 aromatic rings. The highest BCUT2D eigenvalue weighted by Crippen LogP contribution is 2.56. The molecule has 4 aliphatic rings. The van der Waals surface area contributed by atoms with Crippen LogP contribution < -0.4 is 9.47 Å². The topological polar surface area (TPSA) is 174 Å². The number of methoxy groups -OCH3 is 2. The summed E-state index contributed by atoms with van der Waals surface area (Å²) in [5, 5.41) is 70.5. The van der Waals surface area contributed by atoms with E-state index < -0.39 is 35.6 Å². The molecule has 0 aliphatic heterocycles. The summed E-state index contributed by atoms with van der Waals surface area (Å²) in [4.78, 5) is 28.3. The molecule has 8 rings (SSSR count). The van der Waals surface area contributed by atoms with E-state index in [2.05, 4.69) is 0 Å². The Bertz CT molecular complexity index is 2030. The molecule has 4 aromatic carbocycles. The first-order valence-corrected chi connectivity index (χ1v) is 17.6. The molecule has 0 radical (unpaired) electrons. The second kappa shape index (κ2) is 11.7. The van der Waals surface area contributed by atoms with Gasteiger partial charge in [0.15, 0.2) is 11.6 Å². The Labute approximate surface area is 298 Å². The van der Waals surface area contributed by atoms with Gasteiger partial charge in [0.1, 0.15) is 35.9 Å². The van der Waals surface area contributed by atoms with Crippen LogP contribution in [0, 0.1) is 0 Å². The van der Waals surface area contributed by atoms with Crippen LogP contribution in [0.3, 0.4) is 0 Å². The maximum absolute atomic E-state index is 13.7. The lowest BCUT2D eigenvalue weighted by Crippen LogP contribution is -2.37. The van der Waals surface area contributed by atoms with Crippen LogP contribution in [0.1, 0.15) is 127 Å². The Morgan fingerprint density at radius 1 is 0.588 bits per heavy atom. The number of ketones is 2. The number of carbonyl (C=O) groups excluding carboxylic acids is 2. The van der Waals surface area contributed by atoms with Crippen molar-refractivity contribution in [1.29, 1.82) is 0 Å². The van der Waals surface area contributed by atoms with Gasteiger partial charge in [-0.3, -0.25) is 9.59 Å². The largest absolute Gasteiger partial charge is 0.496 e. The highest BCUT2D eigenvalue weighted by molar-refractivity contribution is 7.99. The first-order chi connectivity index (χ1) is 24.2. The number of aliphatic hydroxyl groups excluding tert-OH is 4. The van der Waals surface area contributed by atoms with E-state index in [4.69, 9.17) is 9.47 Å². The number of Topliss-reactive ketones (excluding diaryl/α,β-unsaturated/α-hetero) is 2. The average Bonchev–Trinajstić information content (AvgIpc) is 3.06. The molecule has 0 spiro atoms. The number of carbonyl (C=O) groups is 2. The molecule has 4 aliphatic carbocycles. The zero-order valence-corrected chi connectivity index (χ0v) is 29.3. The van der Waals surface area contributed by atoms with Crippen molar-refractivity contribution >= 4 is 23.3 Å². The van der Waals surface area contributed by atoms with Crippen LogP contribution in [0.5, 0.6) is 11.5 Å². The number of hydrogen-bond donors (Lipinski definition) is 6. The Morgan fingerprint density at radius 3 is 1.35 bits per heavy atom. The normalized spacial score (nSPS) is 27.4. The molecule has 0 unspecified atom stereocenters. The monoisotopic (exact) mass is 710 g/mol. The van der Waals surface area contributed by atoms with Crippen LogP contribution in [0.2, 0.25) is 0 Å². The van der Waals surface area contributed by atoms with Crippen molar-refractivity contribution in [3.8, 4) is 11.5 Å². The molecule has 6 N–H and O–H groups in total. The first-order valence-electron chi connectivity index (χ1n) is 16.8. The fraction of sp³-hybridized carbons (Fsp3) is 0.350. The number of hydrogen-bond acceptors (Lipinski definition) is 11. The van der Waals surface area contributed by atoms with Gasteiger partial charge in [0.2, 0.25) is 0 Å². The fourth-order valence-electron chi connectivity index (χ4n) is 8.81. The molecule has 0 amide bonds. The minimum Gasteiger partial charge on any atom is -0.496 e. The van der Waals surface area contributed by atoms with E-state index in [1.165, 1.54) is 14.2 Å². The van der Waals surface area contributed by atoms with Gasteiger partial charge < -0.3 is 40.1 Å². The summed E-state index contributed by atoms with van der Waals surface area (Å²) in [7, 11) is 2.93. The van der Waals surface area contributed by atoms with E-state index in [1.807, 2.05) is 0 Å². The summed E-state index contributed by atoms with van der Waals surface area (Å²) < 4.78 is 11.2. The second-order valence-electron chi connectivity index (χ2n) is 14.7. The van der Waals surface area contributed by atoms with E-state index in [9.17, 15) is 40.2 Å². The van der Waals surface area contributed by atoms with Crippen molar-refractivity contribution in [3.63, 3.8) is 0 Å². The van der Waals surface area contributed by atoms with Gasteiger partial charge in [-0.2, -0.15) is 0 Å². The number of rotatable bonds is 4. The Kier molecular flexibility index (Phi) is 7.83. The van der Waals surface area contributed by atoms with Crippen LogP contribution in [-0.4, -0.2) is 67.6 Å². The van der Waals surface area contributed by atoms with Gasteiger partial charge in [-0.25, -0.2) is 0 Å². The molecule has 0 fully saturated rings. The number of benzene rings is 4. The quantitative estimate of drug-likeness (QED) is 0.175. The van der Waals surface area contributed by atoms with Gasteiger partial charge in [-0.15, -0.1) is 0 Å². The highest BCUT2D eigenvalue weighted by Gasteiger charge is 2.45. The van der Waals surface area contributed by atoms with E-state index in [-0.39, 0.29) is 70.6 Å². The van der Waals surface area contributed by atoms with Crippen molar-refractivity contribution in [1.82, 2.24) is 0 Å². The molecule has 6 atom stereocenters. The molecule has 0 saturated heterocycles. The van der Waals surface area contributed by atoms with Crippen molar-refractivity contribution < 1.29 is 49.7 Å². The van der Waals surface area contributed by atoms with Crippen LogP contribution in [0.25, 0.3) is 0 Å². The van der Waals surface area contributed by atoms with Crippen LogP contribution in [-0.2, 0) is 12.8 Å². The van der Waals surface area contributed by atoms with Gasteiger partial charge in [0.05, 0.1) is 25.4 Å². The average molecular weight is 711 g/mol. The standard InChI is InChI=1S/C40H38O10S/c1-39(47)13-17-11-25(31-33(27(17)21(41)15-39)35(43)19-7-5-9-23(49-3)29(19)37(31)45)51-26-12-18-14-40(2,48)16-22(42)28(18)34-32(26)38(46)30-20(36(34)44)8-6-10-24(30)50-4/h5-12,35-38,43-48H,13-16H2,1-4H3/t35-,36-,37+,38+,39+,40+/m0/s1. The number of fused-ring (bicyclic) bond motifs is 8. The SMILES string of the molecule is COc1cccc2c1[C@@H](O)c1c(Sc3cc4c(c5c3[C@H](O)c3c(OC)cccc3[C@@H]5O)C(=O)C[C@](C)(O)C4)cc3c(c1[C@H]2O)C(=O)C[C@](C)(O)C3. The van der Waals surface area contributed by atoms with Crippen molar-refractivity contribution in [3.05, 3.63) is 115 Å². The lowest BCUT2D eigenvalue weighted by Gasteiger charge is -2.38. The molecule has 0 aromatic heterocycles. The predicted octanol–water partition coefficient (Wildman–Crippen LogP) is 4.57. The molecule has 0 bridgehead atoms. The van der Waals surface area contributed by atoms with Crippen molar-refractivity contribution in [2.45, 2.75) is 84.9 Å². The van der Waals surface area contributed by atoms with E-state index in [0.29, 0.717) is 54.7 Å². The molecule has 0 heterocycles. The van der Waals surface area contributed by atoms with Gasteiger partial charge in [-0.05, 0) is 60.4 Å². The molecule has 51 heavy (non-hydrogen) atoms. The van der Waals surface area contributed by atoms with Gasteiger partial charge in [0.25, 0.3) is 0 Å². The summed E-state index contributed by atoms with van der Waals surface area (Å²) >= 11 is 1.14. The summed E-state index contributed by atoms with van der Waals surface area (Å²) in [5.41, 5.74) is 1.29. The summed E-state index contributed by atoms with van der Waals surface area (Å²) in [5.74, 6) is -0.0230. The van der Waals surface area contributed by atoms with Crippen LogP contribution in [0.15, 0.2) is 58.3 Å². The van der Waals surface area contributed by atoms with Crippen LogP contribution >= 0.6 is 11.8 Å². The molecular weight excluding hydrogens is 672 g/mol. The third-order valence-corrected chi connectivity index (χ3v) is 11.9. The maximum Gasteiger partial charge on any atom is 0.166 e. The Morgan fingerprint density at radius 2 is 0.980 bits per heavy atom. The molecule has 0 saturated carbocycles. The summed E-state index contributed by atoms with van der Waals surface area (Å²) in [6.07, 6.45) is -5.43. The predicted molar refractivity (Wildman–Crippen MR) is 186 cm³/mol. The smallest absolute Gasteiger partial charge is 0.166 e. The van der Waals surface area contributed by atoms with Gasteiger partial charge in [-0.1, -0.05) is 36.0 Å². The molecule has 10 nitrogen and oxygen atoms in total. The lowest BCUT2D eigenvalue weighted by atomic mass is 9.72. The molecule has 11 heteroatoms. The van der Waals surface area contributed by atoms with E-state index >= 15 is 0 Å². The lowest BCUT2D eigenvalue weighted by molar-refractivity contribution is 0.0392. The minimum atomic E-state index is -1.35. The molecule has 264 valence electrons. The van der Waals surface area contributed by atoms with Crippen LogP contribution in [0.4, 0.5) is 0 Å². The van der Waals surface area contributed by atoms with Crippen molar-refractivity contribution in [2.75, 3.05) is 14.2 Å². The first kappa shape index (κ1) is 34.0. The highest BCUT2D eigenvalue weighted by atomic mass is 32.2. The summed E-state index contributed by atoms with van der Waals surface area (Å²) in [6, 6.07) is 13.6. The third kappa shape index (κ3) is 5.09. The zero-order chi connectivity index (χ0) is 36.3. The summed E-state index contributed by atoms with van der Waals surface area (Å²) in [6.45, 7) is 3.16. The van der Waals surface area contributed by atoms with E-state index in [1.54, 1.807) is 62.4 Å². The third-order valence-electron chi connectivity index (χ3n) is 10.8. The second-order valence-corrected chi connectivity index (χ2v) is 15.7. The number of aliphatic hydroxyl groups is 6. The van der Waals surface area contributed by atoms with Gasteiger partial charge >= 0.3 is 0 Å². The van der Waals surface area contributed by atoms with E-state index in [0.717, 1.165) is 11.8 Å². The fourth-order valence-corrected chi connectivity index (χ4v) is 10.1. The minimum absolute atomic E-state index is 0.105. The number of ether oxygens (including phenoxy) is 2. The zero-order valence-electron chi connectivity index (χ0n) is 28.5.